The van der Waals surface area contributed by atoms with Crippen LogP contribution in [-0.4, -0.2) is 31.4 Å². The molecule has 0 spiro atoms. The number of aromatic carboxylic acids is 1. The molecular formula is C19H14ClN3O5. The van der Waals surface area contributed by atoms with Gasteiger partial charge >= 0.3 is 11.7 Å². The van der Waals surface area contributed by atoms with Gasteiger partial charge < -0.3 is 10.2 Å². The van der Waals surface area contributed by atoms with Gasteiger partial charge in [0.1, 0.15) is 5.56 Å². The van der Waals surface area contributed by atoms with Crippen molar-refractivity contribution in [2.45, 2.75) is 6.92 Å². The molecule has 2 aromatic carbocycles. The van der Waals surface area contributed by atoms with E-state index in [0.717, 1.165) is 4.57 Å². The lowest BCUT2D eigenvalue weighted by molar-refractivity contribution is 0.0697. The van der Waals surface area contributed by atoms with Crippen LogP contribution in [0.3, 0.4) is 0 Å². The molecule has 3 N–H and O–H groups in total. The second-order valence-electron chi connectivity index (χ2n) is 5.82. The largest absolute Gasteiger partial charge is 0.493 e. The van der Waals surface area contributed by atoms with Gasteiger partial charge in [-0.15, -0.1) is 0 Å². The first-order valence-electron chi connectivity index (χ1n) is 8.01. The van der Waals surface area contributed by atoms with Gasteiger partial charge in [-0.25, -0.2) is 14.2 Å². The lowest BCUT2D eigenvalue weighted by Crippen LogP contribution is -2.32. The van der Waals surface area contributed by atoms with Crippen molar-refractivity contribution >= 4 is 29.0 Å². The van der Waals surface area contributed by atoms with Gasteiger partial charge in [0, 0.05) is 5.02 Å². The molecule has 0 atom stereocenters. The number of hydrogen-bond donors (Lipinski definition) is 3. The molecule has 28 heavy (non-hydrogen) atoms. The Hall–Kier alpha value is -3.65. The van der Waals surface area contributed by atoms with Crippen molar-refractivity contribution < 1.29 is 15.0 Å². The second-order valence-corrected chi connectivity index (χ2v) is 6.26. The molecular weight excluding hydrogens is 386 g/mol. The highest BCUT2D eigenvalue weighted by Gasteiger charge is 2.18. The average Bonchev–Trinajstić information content (AvgIpc) is 2.63. The minimum Gasteiger partial charge on any atom is -0.493 e. The Morgan fingerprint density at radius 2 is 1.68 bits per heavy atom. The van der Waals surface area contributed by atoms with Gasteiger partial charge in [-0.3, -0.25) is 14.8 Å². The molecule has 0 saturated heterocycles. The number of carboxylic acids is 1. The first-order valence-corrected chi connectivity index (χ1v) is 8.39. The summed E-state index contributed by atoms with van der Waals surface area (Å²) in [6.07, 6.45) is 0. The molecule has 8 nitrogen and oxygen atoms in total. The van der Waals surface area contributed by atoms with Crippen LogP contribution < -0.4 is 11.2 Å². The fourth-order valence-corrected chi connectivity index (χ4v) is 2.73. The molecule has 0 aliphatic rings. The van der Waals surface area contributed by atoms with Gasteiger partial charge in [-0.1, -0.05) is 11.6 Å². The maximum absolute atomic E-state index is 12.3. The standard InChI is InChI=1S/C19H14ClN3O5/c1-10(21-13-6-2-11(3-7-13)18(26)27)15-16(24)22-19(28)23(17(15)25)14-8-4-12(20)5-9-14/h2-9,25H,1H3,(H,26,27)(H,22,24,28). The summed E-state index contributed by atoms with van der Waals surface area (Å²) >= 11 is 5.84. The van der Waals surface area contributed by atoms with E-state index in [1.807, 2.05) is 0 Å². The molecule has 142 valence electrons. The molecule has 3 aromatic rings. The van der Waals surface area contributed by atoms with Crippen molar-refractivity contribution in [3.05, 3.63) is 85.5 Å². The summed E-state index contributed by atoms with van der Waals surface area (Å²) in [6.45, 7) is 1.49. The predicted octanol–water partition coefficient (Wildman–Crippen LogP) is 2.72. The number of nitrogens with zero attached hydrogens (tertiary/aromatic N) is 2. The highest BCUT2D eigenvalue weighted by molar-refractivity contribution is 6.30. The maximum atomic E-state index is 12.3. The first-order chi connectivity index (χ1) is 13.3. The number of benzene rings is 2. The minimum atomic E-state index is -1.07. The molecule has 3 rings (SSSR count). The Morgan fingerprint density at radius 3 is 2.25 bits per heavy atom. The first kappa shape index (κ1) is 19.1. The third-order valence-corrected chi connectivity index (χ3v) is 4.20. The molecule has 1 heterocycles. The number of H-pyrrole nitrogens is 1. The topological polar surface area (TPSA) is 125 Å². The summed E-state index contributed by atoms with van der Waals surface area (Å²) < 4.78 is 0.930. The summed E-state index contributed by atoms with van der Waals surface area (Å²) in [6, 6.07) is 11.8. The lowest BCUT2D eigenvalue weighted by atomic mass is 10.2. The average molecular weight is 400 g/mol. The molecule has 0 unspecified atom stereocenters. The van der Waals surface area contributed by atoms with E-state index < -0.39 is 23.1 Å². The van der Waals surface area contributed by atoms with E-state index in [4.69, 9.17) is 16.7 Å². The van der Waals surface area contributed by atoms with Gasteiger partial charge in [0.25, 0.3) is 5.56 Å². The van der Waals surface area contributed by atoms with Crippen molar-refractivity contribution in [3.8, 4) is 11.6 Å². The van der Waals surface area contributed by atoms with E-state index in [0.29, 0.717) is 16.4 Å². The van der Waals surface area contributed by atoms with Crippen LogP contribution in [-0.2, 0) is 0 Å². The molecule has 0 saturated carbocycles. The summed E-state index contributed by atoms with van der Waals surface area (Å²) in [5.41, 5.74) is -0.869. The summed E-state index contributed by atoms with van der Waals surface area (Å²) in [5, 5.41) is 20.0. The Balaban J connectivity index is 2.12. The molecule has 0 bridgehead atoms. The van der Waals surface area contributed by atoms with Gasteiger partial charge in [0.15, 0.2) is 0 Å². The Labute approximate surface area is 163 Å². The summed E-state index contributed by atoms with van der Waals surface area (Å²) in [4.78, 5) is 41.8. The smallest absolute Gasteiger partial charge is 0.335 e. The number of aromatic nitrogens is 2. The van der Waals surface area contributed by atoms with E-state index in [-0.39, 0.29) is 16.8 Å². The van der Waals surface area contributed by atoms with E-state index in [2.05, 4.69) is 9.98 Å². The van der Waals surface area contributed by atoms with Gasteiger partial charge in [0.2, 0.25) is 5.88 Å². The van der Waals surface area contributed by atoms with Crippen LogP contribution in [0.15, 0.2) is 63.1 Å². The van der Waals surface area contributed by atoms with Gasteiger partial charge in [0.05, 0.1) is 22.6 Å². The number of hydrogen-bond acceptors (Lipinski definition) is 5. The molecule has 1 aromatic heterocycles. The number of aromatic hydroxyl groups is 1. The number of carboxylic acid groups (broad SMARTS) is 1. The molecule has 9 heteroatoms. The predicted molar refractivity (Wildman–Crippen MR) is 105 cm³/mol. The molecule has 0 fully saturated rings. The van der Waals surface area contributed by atoms with Crippen molar-refractivity contribution in [1.29, 1.82) is 0 Å². The van der Waals surface area contributed by atoms with Crippen LogP contribution in [0, 0.1) is 0 Å². The molecule has 0 amide bonds. The number of halogens is 1. The summed E-state index contributed by atoms with van der Waals surface area (Å²) in [5.74, 6) is -1.64. The van der Waals surface area contributed by atoms with E-state index in [1.165, 1.54) is 43.3 Å². The van der Waals surface area contributed by atoms with Gasteiger partial charge in [-0.2, -0.15) is 0 Å². The minimum absolute atomic E-state index is 0.0913. The van der Waals surface area contributed by atoms with Crippen molar-refractivity contribution in [2.75, 3.05) is 0 Å². The van der Waals surface area contributed by atoms with Crippen LogP contribution in [0.2, 0.25) is 5.02 Å². The molecule has 0 aliphatic heterocycles. The lowest BCUT2D eigenvalue weighted by Gasteiger charge is -2.11. The zero-order valence-electron chi connectivity index (χ0n) is 14.5. The van der Waals surface area contributed by atoms with Crippen LogP contribution >= 0.6 is 11.6 Å². The SMILES string of the molecule is CC(=Nc1ccc(C(=O)O)cc1)c1c(O)n(-c2ccc(Cl)cc2)c(=O)[nH]c1=O. The Morgan fingerprint density at radius 1 is 1.07 bits per heavy atom. The van der Waals surface area contributed by atoms with Crippen molar-refractivity contribution in [2.24, 2.45) is 4.99 Å². The zero-order chi connectivity index (χ0) is 20.4. The van der Waals surface area contributed by atoms with E-state index in [9.17, 15) is 19.5 Å². The van der Waals surface area contributed by atoms with Crippen LogP contribution in [0.4, 0.5) is 5.69 Å². The molecule has 0 radical (unpaired) electrons. The quantitative estimate of drug-likeness (QED) is 0.582. The third kappa shape index (κ3) is 3.72. The van der Waals surface area contributed by atoms with E-state index in [1.54, 1.807) is 12.1 Å². The highest BCUT2D eigenvalue weighted by Crippen LogP contribution is 2.21. The second kappa shape index (κ2) is 7.53. The number of aliphatic imine (C=N–C) groups is 1. The monoisotopic (exact) mass is 399 g/mol. The Bertz CT molecular complexity index is 1190. The van der Waals surface area contributed by atoms with E-state index >= 15 is 0 Å². The van der Waals surface area contributed by atoms with Crippen LogP contribution in [0.25, 0.3) is 5.69 Å². The molecule has 0 aliphatic carbocycles. The highest BCUT2D eigenvalue weighted by atomic mass is 35.5. The normalized spacial score (nSPS) is 11.4. The summed E-state index contributed by atoms with van der Waals surface area (Å²) in [7, 11) is 0. The fraction of sp³-hybridized carbons (Fsp3) is 0.0526. The number of aromatic amines is 1. The number of rotatable bonds is 4. The van der Waals surface area contributed by atoms with Crippen molar-refractivity contribution in [3.63, 3.8) is 0 Å². The number of nitrogens with one attached hydrogen (secondary N) is 1. The fourth-order valence-electron chi connectivity index (χ4n) is 2.61. The van der Waals surface area contributed by atoms with Crippen LogP contribution in [0.5, 0.6) is 5.88 Å². The number of carbonyl (C=O) groups is 1. The Kier molecular flexibility index (Phi) is 5.14. The van der Waals surface area contributed by atoms with Crippen molar-refractivity contribution in [1.82, 2.24) is 9.55 Å². The maximum Gasteiger partial charge on any atom is 0.335 e. The van der Waals surface area contributed by atoms with Gasteiger partial charge in [-0.05, 0) is 55.5 Å². The zero-order valence-corrected chi connectivity index (χ0v) is 15.3. The van der Waals surface area contributed by atoms with Crippen LogP contribution in [0.1, 0.15) is 22.8 Å². The third-order valence-electron chi connectivity index (χ3n) is 3.94.